The number of hydrogen-bond donors (Lipinski definition) is 2. The molecule has 0 spiro atoms. The second-order valence-corrected chi connectivity index (χ2v) is 7.71. The lowest BCUT2D eigenvalue weighted by Crippen LogP contribution is -2.32. The van der Waals surface area contributed by atoms with E-state index in [-0.39, 0.29) is 17.6 Å². The Bertz CT molecular complexity index is 1070. The molecule has 2 atom stereocenters. The predicted molar refractivity (Wildman–Crippen MR) is 121 cm³/mol. The Morgan fingerprint density at radius 2 is 2.10 bits per heavy atom. The first-order valence-corrected chi connectivity index (χ1v) is 10.5. The number of methoxy groups -OCH3 is 1. The van der Waals surface area contributed by atoms with Crippen LogP contribution in [0.15, 0.2) is 67.0 Å². The molecule has 1 aliphatic heterocycles. The number of aromatic carboxylic acids is 1. The van der Waals surface area contributed by atoms with Crippen molar-refractivity contribution in [1.29, 1.82) is 0 Å². The van der Waals surface area contributed by atoms with Gasteiger partial charge in [-0.3, -0.25) is 4.98 Å². The van der Waals surface area contributed by atoms with Crippen LogP contribution >= 0.6 is 12.2 Å². The molecule has 0 saturated carbocycles. The van der Waals surface area contributed by atoms with Crippen LogP contribution in [0, 0.1) is 0 Å². The largest absolute Gasteiger partial charge is 0.478 e. The number of nitrogens with one attached hydrogen (secondary N) is 1. The molecule has 1 fully saturated rings. The number of ether oxygens (including phenoxy) is 1. The zero-order valence-corrected chi connectivity index (χ0v) is 18.0. The number of pyridine rings is 1. The lowest BCUT2D eigenvalue weighted by molar-refractivity contribution is 0.0697. The van der Waals surface area contributed by atoms with Crippen molar-refractivity contribution in [3.63, 3.8) is 0 Å². The van der Waals surface area contributed by atoms with Gasteiger partial charge in [-0.05, 0) is 61.1 Å². The van der Waals surface area contributed by atoms with Gasteiger partial charge in [-0.15, -0.1) is 0 Å². The van der Waals surface area contributed by atoms with Crippen molar-refractivity contribution in [3.8, 4) is 5.69 Å². The average Bonchev–Trinajstić information content (AvgIpc) is 3.39. The summed E-state index contributed by atoms with van der Waals surface area (Å²) >= 11 is 5.69. The van der Waals surface area contributed by atoms with Crippen molar-refractivity contribution >= 4 is 23.3 Å². The summed E-state index contributed by atoms with van der Waals surface area (Å²) in [7, 11) is 1.69. The van der Waals surface area contributed by atoms with E-state index in [1.165, 1.54) is 0 Å². The minimum atomic E-state index is -0.952. The summed E-state index contributed by atoms with van der Waals surface area (Å²) in [6, 6.07) is 16.6. The molecule has 0 radical (unpaired) electrons. The van der Waals surface area contributed by atoms with E-state index in [2.05, 4.69) is 15.2 Å². The zero-order chi connectivity index (χ0) is 21.8. The van der Waals surface area contributed by atoms with Gasteiger partial charge in [0.05, 0.1) is 23.3 Å². The highest BCUT2D eigenvalue weighted by molar-refractivity contribution is 7.80. The van der Waals surface area contributed by atoms with E-state index < -0.39 is 5.97 Å². The molecular formula is C23H24N4O3S. The standard InChI is InChI=1S/C23H24N4O3S/c1-30-14-6-13-27-21(20(25-23(27)31)18-9-2-3-11-24-18)19-10-5-12-26(19)17-8-4-7-16(15-17)22(28)29/h2-5,7-12,15,20-21H,6,13-14H2,1H3,(H,25,31)(H,28,29). The topological polar surface area (TPSA) is 79.6 Å². The first-order valence-electron chi connectivity index (χ1n) is 10.1. The summed E-state index contributed by atoms with van der Waals surface area (Å²) in [5.74, 6) is -0.952. The van der Waals surface area contributed by atoms with Crippen LogP contribution in [0.4, 0.5) is 0 Å². The SMILES string of the molecule is COCCCN1C(=S)NC(c2ccccn2)C1c1cccn1-c1cccc(C(=O)O)c1. The molecule has 1 aromatic carbocycles. The molecule has 8 heteroatoms. The monoisotopic (exact) mass is 436 g/mol. The van der Waals surface area contributed by atoms with Gasteiger partial charge in [0.15, 0.2) is 5.11 Å². The van der Waals surface area contributed by atoms with Crippen molar-refractivity contribution in [3.05, 3.63) is 83.9 Å². The van der Waals surface area contributed by atoms with Gasteiger partial charge in [-0.25, -0.2) is 4.79 Å². The molecular weight excluding hydrogens is 412 g/mol. The van der Waals surface area contributed by atoms with Crippen molar-refractivity contribution in [2.24, 2.45) is 0 Å². The molecule has 2 N–H and O–H groups in total. The van der Waals surface area contributed by atoms with Crippen molar-refractivity contribution < 1.29 is 14.6 Å². The molecule has 1 saturated heterocycles. The number of carboxylic acid groups (broad SMARTS) is 1. The quantitative estimate of drug-likeness (QED) is 0.413. The van der Waals surface area contributed by atoms with Gasteiger partial charge in [-0.2, -0.15) is 0 Å². The fourth-order valence-electron chi connectivity index (χ4n) is 4.01. The Hall–Kier alpha value is -3.23. The molecule has 7 nitrogen and oxygen atoms in total. The summed E-state index contributed by atoms with van der Waals surface area (Å²) in [6.45, 7) is 1.37. The Morgan fingerprint density at radius 1 is 1.23 bits per heavy atom. The molecule has 1 aliphatic rings. The van der Waals surface area contributed by atoms with Gasteiger partial charge >= 0.3 is 5.97 Å². The fourth-order valence-corrected chi connectivity index (χ4v) is 4.34. The van der Waals surface area contributed by atoms with E-state index in [1.807, 2.05) is 47.2 Å². The van der Waals surface area contributed by atoms with Gasteiger partial charge in [-0.1, -0.05) is 12.1 Å². The summed E-state index contributed by atoms with van der Waals surface area (Å²) in [6.07, 6.45) is 4.56. The number of hydrogen-bond acceptors (Lipinski definition) is 4. The van der Waals surface area contributed by atoms with Crippen LogP contribution in [0.1, 0.15) is 40.3 Å². The van der Waals surface area contributed by atoms with E-state index in [1.54, 1.807) is 31.5 Å². The van der Waals surface area contributed by atoms with E-state index in [0.29, 0.717) is 11.7 Å². The van der Waals surface area contributed by atoms with E-state index in [9.17, 15) is 9.90 Å². The number of aromatic nitrogens is 2. The maximum atomic E-state index is 11.5. The maximum Gasteiger partial charge on any atom is 0.335 e. The van der Waals surface area contributed by atoms with Crippen LogP contribution in [0.3, 0.4) is 0 Å². The number of carboxylic acids is 1. The first kappa shape index (κ1) is 21.0. The smallest absolute Gasteiger partial charge is 0.335 e. The molecule has 160 valence electrons. The van der Waals surface area contributed by atoms with Gasteiger partial charge in [0.25, 0.3) is 0 Å². The highest BCUT2D eigenvalue weighted by atomic mass is 32.1. The molecule has 31 heavy (non-hydrogen) atoms. The molecule has 3 aromatic rings. The highest BCUT2D eigenvalue weighted by Gasteiger charge is 2.40. The van der Waals surface area contributed by atoms with Gasteiger partial charge in [0, 0.05) is 44.0 Å². The zero-order valence-electron chi connectivity index (χ0n) is 17.1. The second-order valence-electron chi connectivity index (χ2n) is 7.32. The van der Waals surface area contributed by atoms with E-state index in [4.69, 9.17) is 17.0 Å². The van der Waals surface area contributed by atoms with Crippen LogP contribution in [-0.4, -0.2) is 50.9 Å². The normalized spacial score (nSPS) is 18.2. The van der Waals surface area contributed by atoms with E-state index in [0.717, 1.165) is 30.0 Å². The molecule has 2 aromatic heterocycles. The van der Waals surface area contributed by atoms with Crippen LogP contribution in [0.25, 0.3) is 5.69 Å². The summed E-state index contributed by atoms with van der Waals surface area (Å²) in [5.41, 5.74) is 2.93. The molecule has 0 amide bonds. The lowest BCUT2D eigenvalue weighted by Gasteiger charge is -2.29. The molecule has 4 rings (SSSR count). The predicted octanol–water partition coefficient (Wildman–Crippen LogP) is 3.58. The van der Waals surface area contributed by atoms with Gasteiger partial charge < -0.3 is 24.6 Å². The summed E-state index contributed by atoms with van der Waals surface area (Å²) in [4.78, 5) is 18.2. The fraction of sp³-hybridized carbons (Fsp3) is 0.261. The van der Waals surface area contributed by atoms with Crippen LogP contribution in [0.5, 0.6) is 0 Å². The molecule has 0 bridgehead atoms. The molecule has 3 heterocycles. The lowest BCUT2D eigenvalue weighted by atomic mass is 10.0. The average molecular weight is 437 g/mol. The number of thiocarbonyl (C=S) groups is 1. The first-order chi connectivity index (χ1) is 15.1. The van der Waals surface area contributed by atoms with Crippen molar-refractivity contribution in [2.75, 3.05) is 20.3 Å². The number of benzene rings is 1. The third-order valence-electron chi connectivity index (χ3n) is 5.40. The molecule has 0 aliphatic carbocycles. The number of rotatable bonds is 8. The maximum absolute atomic E-state index is 11.5. The van der Waals surface area contributed by atoms with Crippen molar-refractivity contribution in [2.45, 2.75) is 18.5 Å². The minimum absolute atomic E-state index is 0.109. The number of nitrogens with zero attached hydrogens (tertiary/aromatic N) is 3. The Balaban J connectivity index is 1.77. The Morgan fingerprint density at radius 3 is 2.84 bits per heavy atom. The Kier molecular flexibility index (Phi) is 6.29. The van der Waals surface area contributed by atoms with Gasteiger partial charge in [0.2, 0.25) is 0 Å². The third kappa shape index (κ3) is 4.30. The Labute approximate surface area is 186 Å². The minimum Gasteiger partial charge on any atom is -0.478 e. The summed E-state index contributed by atoms with van der Waals surface area (Å²) < 4.78 is 7.26. The summed E-state index contributed by atoms with van der Waals surface area (Å²) in [5, 5.41) is 13.5. The van der Waals surface area contributed by atoms with Crippen molar-refractivity contribution in [1.82, 2.24) is 19.8 Å². The second kappa shape index (κ2) is 9.28. The highest BCUT2D eigenvalue weighted by Crippen LogP contribution is 2.39. The van der Waals surface area contributed by atoms with Crippen LogP contribution in [-0.2, 0) is 4.74 Å². The molecule has 2 unspecified atom stereocenters. The van der Waals surface area contributed by atoms with Gasteiger partial charge in [0.1, 0.15) is 0 Å². The number of carbonyl (C=O) groups is 1. The third-order valence-corrected chi connectivity index (χ3v) is 5.75. The van der Waals surface area contributed by atoms with Crippen LogP contribution in [0.2, 0.25) is 0 Å². The van der Waals surface area contributed by atoms with E-state index >= 15 is 0 Å². The van der Waals surface area contributed by atoms with Crippen LogP contribution < -0.4 is 5.32 Å².